The van der Waals surface area contributed by atoms with Gasteiger partial charge in [0.25, 0.3) is 0 Å². The van der Waals surface area contributed by atoms with Crippen LogP contribution in [0, 0.1) is 0 Å². The minimum absolute atomic E-state index is 0.00948. The molecule has 102 valence electrons. The average molecular weight is 273 g/mol. The Hall–Kier alpha value is -1.31. The van der Waals surface area contributed by atoms with Crippen LogP contribution in [0.15, 0.2) is 23.1 Å². The first kappa shape index (κ1) is 14.7. The summed E-state index contributed by atoms with van der Waals surface area (Å²) < 4.78 is 22.4. The maximum absolute atomic E-state index is 11.2. The molecule has 0 radical (unpaired) electrons. The van der Waals surface area contributed by atoms with Crippen molar-refractivity contribution in [3.63, 3.8) is 0 Å². The number of anilines is 2. The number of aliphatic hydroxyl groups is 1. The lowest BCUT2D eigenvalue weighted by Crippen LogP contribution is -2.15. The van der Waals surface area contributed by atoms with Gasteiger partial charge in [-0.1, -0.05) is 6.92 Å². The van der Waals surface area contributed by atoms with E-state index in [-0.39, 0.29) is 11.0 Å². The van der Waals surface area contributed by atoms with Gasteiger partial charge in [0.2, 0.25) is 10.0 Å². The fraction of sp³-hybridized carbons (Fsp3) is 0.455. The fourth-order valence-corrected chi connectivity index (χ4v) is 1.98. The molecule has 1 aromatic carbocycles. The van der Waals surface area contributed by atoms with Crippen molar-refractivity contribution in [1.29, 1.82) is 0 Å². The van der Waals surface area contributed by atoms with E-state index in [1.165, 1.54) is 18.2 Å². The van der Waals surface area contributed by atoms with Crippen molar-refractivity contribution in [3.8, 4) is 0 Å². The molecule has 0 amide bonds. The quantitative estimate of drug-likeness (QED) is 0.562. The highest BCUT2D eigenvalue weighted by atomic mass is 32.2. The molecule has 0 aliphatic heterocycles. The maximum atomic E-state index is 11.2. The normalized spacial score (nSPS) is 13.3. The first-order valence-corrected chi connectivity index (χ1v) is 7.23. The van der Waals surface area contributed by atoms with Crippen molar-refractivity contribution < 1.29 is 13.5 Å². The third kappa shape index (κ3) is 4.17. The van der Waals surface area contributed by atoms with Crippen LogP contribution in [0.1, 0.15) is 19.8 Å². The number of aliphatic hydroxyl groups excluding tert-OH is 1. The van der Waals surface area contributed by atoms with Gasteiger partial charge in [0.15, 0.2) is 0 Å². The summed E-state index contributed by atoms with van der Waals surface area (Å²) in [5, 5.41) is 17.4. The summed E-state index contributed by atoms with van der Waals surface area (Å²) in [4.78, 5) is 0.00948. The monoisotopic (exact) mass is 273 g/mol. The zero-order chi connectivity index (χ0) is 13.8. The Bertz CT molecular complexity index is 502. The van der Waals surface area contributed by atoms with Crippen LogP contribution in [0.25, 0.3) is 0 Å². The average Bonchev–Trinajstić information content (AvgIpc) is 2.29. The van der Waals surface area contributed by atoms with Crippen molar-refractivity contribution in [1.82, 2.24) is 0 Å². The molecule has 7 heteroatoms. The van der Waals surface area contributed by atoms with Gasteiger partial charge in [-0.05, 0) is 31.0 Å². The Morgan fingerprint density at radius 3 is 2.67 bits per heavy atom. The fourth-order valence-electron chi connectivity index (χ4n) is 1.44. The lowest BCUT2D eigenvalue weighted by molar-refractivity contribution is 0.164. The zero-order valence-corrected chi connectivity index (χ0v) is 11.1. The van der Waals surface area contributed by atoms with Gasteiger partial charge in [-0.2, -0.15) is 0 Å². The predicted octanol–water partition coefficient (Wildman–Crippen LogP) is 0.489. The van der Waals surface area contributed by atoms with Gasteiger partial charge in [-0.25, -0.2) is 13.6 Å². The third-order valence-electron chi connectivity index (χ3n) is 2.62. The van der Waals surface area contributed by atoms with Gasteiger partial charge in [-0.15, -0.1) is 0 Å². The standard InChI is InChI=1S/C11H19N3O3S/c1-2-8(15)5-6-14-11-7-9(18(13,16)17)3-4-10(11)12/h3-4,7-8,14-15H,2,5-6,12H2,1H3,(H2,13,16,17). The topological polar surface area (TPSA) is 118 Å². The van der Waals surface area contributed by atoms with E-state index in [0.29, 0.717) is 30.8 Å². The summed E-state index contributed by atoms with van der Waals surface area (Å²) >= 11 is 0. The molecule has 0 saturated heterocycles. The molecule has 18 heavy (non-hydrogen) atoms. The van der Waals surface area contributed by atoms with Crippen LogP contribution in [0.4, 0.5) is 11.4 Å². The molecule has 1 atom stereocenters. The number of hydrogen-bond donors (Lipinski definition) is 4. The van der Waals surface area contributed by atoms with Crippen LogP contribution >= 0.6 is 0 Å². The number of nitrogens with two attached hydrogens (primary N) is 2. The zero-order valence-electron chi connectivity index (χ0n) is 10.3. The van der Waals surface area contributed by atoms with E-state index in [0.717, 1.165) is 0 Å². The molecule has 6 N–H and O–H groups in total. The summed E-state index contributed by atoms with van der Waals surface area (Å²) in [6.45, 7) is 2.40. The molecular weight excluding hydrogens is 254 g/mol. The van der Waals surface area contributed by atoms with Crippen LogP contribution < -0.4 is 16.2 Å². The lowest BCUT2D eigenvalue weighted by atomic mass is 10.2. The Kier molecular flexibility index (Phi) is 4.94. The second-order valence-electron chi connectivity index (χ2n) is 4.07. The predicted molar refractivity (Wildman–Crippen MR) is 71.6 cm³/mol. The smallest absolute Gasteiger partial charge is 0.238 e. The second kappa shape index (κ2) is 6.03. The van der Waals surface area contributed by atoms with Gasteiger partial charge >= 0.3 is 0 Å². The number of primary sulfonamides is 1. The summed E-state index contributed by atoms with van der Waals surface area (Å²) in [6, 6.07) is 4.23. The summed E-state index contributed by atoms with van der Waals surface area (Å²) in [5.74, 6) is 0. The molecule has 0 fully saturated rings. The molecule has 0 aliphatic carbocycles. The first-order valence-electron chi connectivity index (χ1n) is 5.69. The van der Waals surface area contributed by atoms with Gasteiger partial charge in [0.05, 0.1) is 22.4 Å². The molecule has 0 saturated carbocycles. The molecule has 0 spiro atoms. The Balaban J connectivity index is 2.76. The number of benzene rings is 1. The molecule has 1 rings (SSSR count). The Morgan fingerprint density at radius 2 is 2.11 bits per heavy atom. The minimum Gasteiger partial charge on any atom is -0.397 e. The van der Waals surface area contributed by atoms with E-state index in [2.05, 4.69) is 5.32 Å². The SMILES string of the molecule is CCC(O)CCNc1cc(S(N)(=O)=O)ccc1N. The lowest BCUT2D eigenvalue weighted by Gasteiger charge is -2.12. The molecule has 0 aromatic heterocycles. The van der Waals surface area contributed by atoms with Gasteiger partial charge < -0.3 is 16.2 Å². The number of nitrogens with one attached hydrogen (secondary N) is 1. The number of rotatable bonds is 6. The highest BCUT2D eigenvalue weighted by molar-refractivity contribution is 7.89. The molecule has 0 bridgehead atoms. The van der Waals surface area contributed by atoms with Crippen LogP contribution in [0.2, 0.25) is 0 Å². The Labute approximate surface area is 107 Å². The van der Waals surface area contributed by atoms with Crippen LogP contribution in [-0.4, -0.2) is 26.2 Å². The van der Waals surface area contributed by atoms with Crippen molar-refractivity contribution in [2.24, 2.45) is 5.14 Å². The molecule has 1 unspecified atom stereocenters. The van der Waals surface area contributed by atoms with Gasteiger partial charge in [-0.3, -0.25) is 0 Å². The molecule has 1 aromatic rings. The van der Waals surface area contributed by atoms with Crippen LogP contribution in [-0.2, 0) is 10.0 Å². The Morgan fingerprint density at radius 1 is 1.44 bits per heavy atom. The van der Waals surface area contributed by atoms with Crippen molar-refractivity contribution in [3.05, 3.63) is 18.2 Å². The summed E-state index contributed by atoms with van der Waals surface area (Å²) in [7, 11) is -3.73. The largest absolute Gasteiger partial charge is 0.397 e. The molecule has 6 nitrogen and oxygen atoms in total. The van der Waals surface area contributed by atoms with Crippen LogP contribution in [0.3, 0.4) is 0 Å². The van der Waals surface area contributed by atoms with Crippen LogP contribution in [0.5, 0.6) is 0 Å². The van der Waals surface area contributed by atoms with E-state index in [1.54, 1.807) is 0 Å². The van der Waals surface area contributed by atoms with E-state index in [1.807, 2.05) is 6.92 Å². The number of hydrogen-bond acceptors (Lipinski definition) is 5. The number of nitrogen functional groups attached to an aromatic ring is 1. The van der Waals surface area contributed by atoms with E-state index in [4.69, 9.17) is 10.9 Å². The highest BCUT2D eigenvalue weighted by Crippen LogP contribution is 2.22. The van der Waals surface area contributed by atoms with Crippen molar-refractivity contribution in [2.45, 2.75) is 30.8 Å². The van der Waals surface area contributed by atoms with E-state index >= 15 is 0 Å². The second-order valence-corrected chi connectivity index (χ2v) is 5.63. The van der Waals surface area contributed by atoms with E-state index < -0.39 is 10.0 Å². The summed E-state index contributed by atoms with van der Waals surface area (Å²) in [5.41, 5.74) is 6.66. The van der Waals surface area contributed by atoms with Gasteiger partial charge in [0, 0.05) is 6.54 Å². The first-order chi connectivity index (χ1) is 8.34. The van der Waals surface area contributed by atoms with Crippen molar-refractivity contribution in [2.75, 3.05) is 17.6 Å². The third-order valence-corrected chi connectivity index (χ3v) is 3.53. The summed E-state index contributed by atoms with van der Waals surface area (Å²) in [6.07, 6.45) is 0.865. The highest BCUT2D eigenvalue weighted by Gasteiger charge is 2.10. The van der Waals surface area contributed by atoms with Gasteiger partial charge in [0.1, 0.15) is 0 Å². The minimum atomic E-state index is -3.73. The van der Waals surface area contributed by atoms with E-state index in [9.17, 15) is 13.5 Å². The maximum Gasteiger partial charge on any atom is 0.238 e. The molecular formula is C11H19N3O3S. The number of sulfonamides is 1. The molecule has 0 heterocycles. The van der Waals surface area contributed by atoms with Crippen molar-refractivity contribution >= 4 is 21.4 Å². The molecule has 0 aliphatic rings.